The summed E-state index contributed by atoms with van der Waals surface area (Å²) in [6, 6.07) is 16.6. The summed E-state index contributed by atoms with van der Waals surface area (Å²) in [7, 11) is 1.99. The van der Waals surface area contributed by atoms with Crippen LogP contribution in [0.1, 0.15) is 55.0 Å². The van der Waals surface area contributed by atoms with Crippen molar-refractivity contribution in [1.82, 2.24) is 9.97 Å². The van der Waals surface area contributed by atoms with Crippen molar-refractivity contribution >= 4 is 11.8 Å². The van der Waals surface area contributed by atoms with Crippen LogP contribution in [0.3, 0.4) is 0 Å². The van der Waals surface area contributed by atoms with Crippen molar-refractivity contribution in [2.75, 3.05) is 11.9 Å². The Bertz CT molecular complexity index is 1130. The second-order valence-corrected chi connectivity index (χ2v) is 9.02. The maximum absolute atomic E-state index is 11.0. The van der Waals surface area contributed by atoms with Gasteiger partial charge in [-0.15, -0.1) is 0 Å². The van der Waals surface area contributed by atoms with Crippen molar-refractivity contribution in [2.24, 2.45) is 0 Å². The average molecular weight is 446 g/mol. The zero-order valence-electron chi connectivity index (χ0n) is 19.5. The Labute approximate surface area is 195 Å². The summed E-state index contributed by atoms with van der Waals surface area (Å²) < 4.78 is 0. The number of carboxylic acids is 1. The van der Waals surface area contributed by atoms with E-state index in [1.54, 1.807) is 0 Å². The van der Waals surface area contributed by atoms with Crippen LogP contribution < -0.4 is 4.90 Å². The molecule has 0 saturated heterocycles. The van der Waals surface area contributed by atoms with Gasteiger partial charge < -0.3 is 15.1 Å². The van der Waals surface area contributed by atoms with Gasteiger partial charge in [-0.05, 0) is 33.1 Å². The molecule has 6 nitrogen and oxygen atoms in total. The normalized spacial score (nSPS) is 17.6. The Balaban J connectivity index is 1.74. The first kappa shape index (κ1) is 22.9. The zero-order chi connectivity index (χ0) is 23.5. The molecule has 0 fully saturated rings. The van der Waals surface area contributed by atoms with Gasteiger partial charge >= 0.3 is 5.97 Å². The van der Waals surface area contributed by atoms with E-state index in [0.29, 0.717) is 24.4 Å². The number of anilines is 1. The van der Waals surface area contributed by atoms with E-state index in [-0.39, 0.29) is 12.5 Å². The number of hydrogen-bond acceptors (Lipinski definition) is 5. The fourth-order valence-corrected chi connectivity index (χ4v) is 4.42. The molecule has 33 heavy (non-hydrogen) atoms. The fraction of sp³-hybridized carbons (Fsp3) is 0.370. The smallest absolute Gasteiger partial charge is 0.303 e. The summed E-state index contributed by atoms with van der Waals surface area (Å²) in [5, 5.41) is 19.9. The number of rotatable bonds is 7. The van der Waals surface area contributed by atoms with E-state index in [1.165, 1.54) is 11.1 Å². The summed E-state index contributed by atoms with van der Waals surface area (Å²) >= 11 is 0. The highest BCUT2D eigenvalue weighted by Crippen LogP contribution is 2.40. The fourth-order valence-electron chi connectivity index (χ4n) is 4.42. The minimum absolute atomic E-state index is 0.0895. The minimum atomic E-state index is -0.769. The van der Waals surface area contributed by atoms with Crippen LogP contribution in [0.5, 0.6) is 0 Å². The Morgan fingerprint density at radius 3 is 2.03 bits per heavy atom. The molecule has 2 atom stereocenters. The lowest BCUT2D eigenvalue weighted by atomic mass is 9.94. The number of aromatic nitrogens is 2. The van der Waals surface area contributed by atoms with Gasteiger partial charge in [-0.25, -0.2) is 9.97 Å². The molecule has 0 aliphatic carbocycles. The lowest BCUT2D eigenvalue weighted by Gasteiger charge is -2.37. The van der Waals surface area contributed by atoms with Crippen LogP contribution in [-0.4, -0.2) is 39.2 Å². The maximum atomic E-state index is 11.0. The number of benzene rings is 2. The van der Waals surface area contributed by atoms with Gasteiger partial charge in [0.1, 0.15) is 11.8 Å². The van der Waals surface area contributed by atoms with Gasteiger partial charge in [0.05, 0.1) is 11.4 Å². The molecular formula is C27H31N3O3. The van der Waals surface area contributed by atoms with Crippen molar-refractivity contribution < 1.29 is 15.0 Å². The third-order valence-corrected chi connectivity index (χ3v) is 6.42. The summed E-state index contributed by atoms with van der Waals surface area (Å²) in [4.78, 5) is 23.0. The third kappa shape index (κ3) is 5.06. The van der Waals surface area contributed by atoms with Gasteiger partial charge in [0.15, 0.2) is 5.82 Å². The number of aryl methyl sites for hydroxylation is 2. The number of aliphatic hydroxyl groups excluding tert-OH is 1. The van der Waals surface area contributed by atoms with Crippen LogP contribution in [0, 0.1) is 13.8 Å². The Kier molecular flexibility index (Phi) is 6.75. The quantitative estimate of drug-likeness (QED) is 0.479. The molecule has 172 valence electrons. The molecule has 1 aliphatic rings. The second kappa shape index (κ2) is 9.71. The Hall–Kier alpha value is -3.25. The molecule has 4 rings (SSSR count). The van der Waals surface area contributed by atoms with E-state index < -0.39 is 12.1 Å². The van der Waals surface area contributed by atoms with Gasteiger partial charge in [0, 0.05) is 30.6 Å². The first-order valence-corrected chi connectivity index (χ1v) is 11.5. The van der Waals surface area contributed by atoms with E-state index in [1.807, 2.05) is 19.2 Å². The summed E-state index contributed by atoms with van der Waals surface area (Å²) in [5.74, 6) is -0.0713. The predicted molar refractivity (Wildman–Crippen MR) is 130 cm³/mol. The zero-order valence-corrected chi connectivity index (χ0v) is 19.5. The van der Waals surface area contributed by atoms with E-state index in [0.717, 1.165) is 35.4 Å². The number of unbranched alkanes of at least 4 members (excludes halogenated alkanes) is 1. The molecule has 2 N–H and O–H groups in total. The van der Waals surface area contributed by atoms with Crippen molar-refractivity contribution in [3.05, 3.63) is 65.4 Å². The monoisotopic (exact) mass is 445 g/mol. The maximum Gasteiger partial charge on any atom is 0.303 e. The van der Waals surface area contributed by atoms with Crippen molar-refractivity contribution in [1.29, 1.82) is 0 Å². The number of aliphatic carboxylic acids is 1. The number of carbonyl (C=O) groups is 1. The molecular weight excluding hydrogens is 414 g/mol. The molecule has 0 radical (unpaired) electrons. The molecule has 1 aromatic heterocycles. The number of aliphatic hydroxyl groups is 1. The Morgan fingerprint density at radius 1 is 0.939 bits per heavy atom. The highest BCUT2D eigenvalue weighted by atomic mass is 16.4. The molecule has 2 aromatic carbocycles. The Morgan fingerprint density at radius 2 is 1.48 bits per heavy atom. The van der Waals surface area contributed by atoms with Crippen LogP contribution in [0.2, 0.25) is 0 Å². The van der Waals surface area contributed by atoms with Crippen LogP contribution in [0.15, 0.2) is 48.5 Å². The summed E-state index contributed by atoms with van der Waals surface area (Å²) in [6.07, 6.45) is 2.26. The topological polar surface area (TPSA) is 86.6 Å². The highest BCUT2D eigenvalue weighted by molar-refractivity contribution is 5.80. The van der Waals surface area contributed by atoms with Crippen LogP contribution in [-0.2, 0) is 4.79 Å². The van der Waals surface area contributed by atoms with Gasteiger partial charge in [-0.1, -0.05) is 66.1 Å². The van der Waals surface area contributed by atoms with E-state index >= 15 is 0 Å². The van der Waals surface area contributed by atoms with Crippen molar-refractivity contribution in [3.63, 3.8) is 0 Å². The molecule has 0 spiro atoms. The van der Waals surface area contributed by atoms with Gasteiger partial charge in [-0.3, -0.25) is 4.79 Å². The van der Waals surface area contributed by atoms with Gasteiger partial charge in [0.2, 0.25) is 0 Å². The molecule has 6 heteroatoms. The average Bonchev–Trinajstić information content (AvgIpc) is 2.80. The molecule has 3 aromatic rings. The van der Waals surface area contributed by atoms with Crippen LogP contribution in [0.4, 0.5) is 5.82 Å². The summed E-state index contributed by atoms with van der Waals surface area (Å²) in [5.41, 5.74) is 6.47. The van der Waals surface area contributed by atoms with Crippen LogP contribution >= 0.6 is 0 Å². The largest absolute Gasteiger partial charge is 0.481 e. The predicted octanol–water partition coefficient (Wildman–Crippen LogP) is 5.31. The molecule has 0 saturated carbocycles. The first-order valence-electron chi connectivity index (χ1n) is 11.5. The van der Waals surface area contributed by atoms with Crippen LogP contribution in [0.25, 0.3) is 22.5 Å². The standard InChI is InChI=1S/C27H31N3O3/c1-17-8-12-19(13-9-17)24-25(20-14-10-18(2)11-15-20)29-27-26(28-24)22(31)16-21(30(27)3)6-4-5-7-23(32)33/h8-15,21-22,31H,4-7,16H2,1-3H3,(H,32,33). The number of fused-ring (bicyclic) bond motifs is 1. The molecule has 0 bridgehead atoms. The van der Waals surface area contributed by atoms with Crippen molar-refractivity contribution in [3.8, 4) is 22.5 Å². The molecule has 2 unspecified atom stereocenters. The lowest BCUT2D eigenvalue weighted by molar-refractivity contribution is -0.137. The number of hydrogen-bond donors (Lipinski definition) is 2. The molecule has 1 aliphatic heterocycles. The second-order valence-electron chi connectivity index (χ2n) is 9.02. The minimum Gasteiger partial charge on any atom is -0.481 e. The van der Waals surface area contributed by atoms with E-state index in [2.05, 4.69) is 55.1 Å². The third-order valence-electron chi connectivity index (χ3n) is 6.42. The van der Waals surface area contributed by atoms with Gasteiger partial charge in [-0.2, -0.15) is 0 Å². The van der Waals surface area contributed by atoms with E-state index in [9.17, 15) is 9.90 Å². The van der Waals surface area contributed by atoms with E-state index in [4.69, 9.17) is 15.1 Å². The van der Waals surface area contributed by atoms with Crippen molar-refractivity contribution in [2.45, 2.75) is 58.1 Å². The first-order chi connectivity index (χ1) is 15.8. The molecule has 2 heterocycles. The SMILES string of the molecule is Cc1ccc(-c2nc3c(nc2-c2ccc(C)cc2)N(C)C(CCCCC(=O)O)CC3O)cc1. The lowest BCUT2D eigenvalue weighted by Crippen LogP contribution is -2.39. The molecule has 0 amide bonds. The van der Waals surface area contributed by atoms with Gasteiger partial charge in [0.25, 0.3) is 0 Å². The highest BCUT2D eigenvalue weighted by Gasteiger charge is 2.33. The number of carboxylic acid groups (broad SMARTS) is 1. The number of nitrogens with zero attached hydrogens (tertiary/aromatic N) is 3. The summed E-state index contributed by atoms with van der Waals surface area (Å²) in [6.45, 7) is 4.11.